The molecule has 1 saturated heterocycles. The molecule has 0 spiro atoms. The quantitative estimate of drug-likeness (QED) is 0.333. The van der Waals surface area contributed by atoms with E-state index in [9.17, 15) is 0 Å². The van der Waals surface area contributed by atoms with Gasteiger partial charge in [-0.1, -0.05) is 45.4 Å². The van der Waals surface area contributed by atoms with Crippen molar-refractivity contribution in [2.75, 3.05) is 13.2 Å². The van der Waals surface area contributed by atoms with Crippen molar-refractivity contribution in [3.05, 3.63) is 0 Å². The average molecular weight is 309 g/mol. The highest BCUT2D eigenvalue weighted by Gasteiger charge is 2.13. The first kappa shape index (κ1) is 19.5. The molecule has 0 bridgehead atoms. The molecule has 2 nitrogen and oxygen atoms in total. The van der Waals surface area contributed by atoms with Gasteiger partial charge in [0.25, 0.3) is 0 Å². The minimum Gasteiger partial charge on any atom is -0.353 e. The van der Waals surface area contributed by atoms with Crippen LogP contribution in [0.3, 0.4) is 0 Å². The molecule has 0 aromatic rings. The smallest absolute Gasteiger partial charge is 0.157 e. The number of unbranched alkanes of at least 4 members (excludes halogenated alkanes) is 9. The summed E-state index contributed by atoms with van der Waals surface area (Å²) in [5.74, 6) is 6.48. The summed E-state index contributed by atoms with van der Waals surface area (Å²) >= 11 is 0. The summed E-state index contributed by atoms with van der Waals surface area (Å²) in [6.07, 6.45) is 17.6. The summed E-state index contributed by atoms with van der Waals surface area (Å²) in [6.45, 7) is 3.94. The van der Waals surface area contributed by atoms with E-state index in [1.807, 2.05) is 0 Å². The van der Waals surface area contributed by atoms with Gasteiger partial charge in [-0.25, -0.2) is 0 Å². The molecule has 0 saturated carbocycles. The maximum absolute atomic E-state index is 5.75. The van der Waals surface area contributed by atoms with Crippen molar-refractivity contribution in [2.24, 2.45) is 0 Å². The van der Waals surface area contributed by atoms with Gasteiger partial charge >= 0.3 is 0 Å². The molecule has 1 aliphatic heterocycles. The first-order valence-electron chi connectivity index (χ1n) is 9.62. The van der Waals surface area contributed by atoms with Gasteiger partial charge < -0.3 is 9.47 Å². The Morgan fingerprint density at radius 2 is 1.55 bits per heavy atom. The fourth-order valence-corrected chi connectivity index (χ4v) is 2.74. The molecule has 0 aromatic carbocycles. The molecule has 1 atom stereocenters. The molecule has 0 aliphatic carbocycles. The summed E-state index contributed by atoms with van der Waals surface area (Å²) in [6, 6.07) is 0. The Morgan fingerprint density at radius 1 is 0.864 bits per heavy atom. The number of rotatable bonds is 12. The van der Waals surface area contributed by atoms with Crippen LogP contribution in [-0.4, -0.2) is 19.5 Å². The first-order chi connectivity index (χ1) is 10.9. The van der Waals surface area contributed by atoms with Crippen molar-refractivity contribution in [3.8, 4) is 11.8 Å². The summed E-state index contributed by atoms with van der Waals surface area (Å²) in [5, 5.41) is 0. The van der Waals surface area contributed by atoms with E-state index >= 15 is 0 Å². The molecule has 22 heavy (non-hydrogen) atoms. The van der Waals surface area contributed by atoms with Crippen molar-refractivity contribution in [2.45, 2.75) is 103 Å². The standard InChI is InChI=1S/C20H36O2/c1-2-3-4-5-6-7-8-9-10-11-12-13-15-18-21-20-17-14-16-19-22-20/h20H,2-3,6-19H2,1H3. The van der Waals surface area contributed by atoms with Crippen molar-refractivity contribution in [1.82, 2.24) is 0 Å². The molecule has 1 fully saturated rings. The molecular weight excluding hydrogens is 272 g/mol. The van der Waals surface area contributed by atoms with Crippen LogP contribution in [-0.2, 0) is 9.47 Å². The number of hydrogen-bond acceptors (Lipinski definition) is 2. The van der Waals surface area contributed by atoms with Crippen LogP contribution in [0.1, 0.15) is 96.8 Å². The SMILES string of the molecule is CCCC#CCCCCCCCCCCOC1CCCCO1. The average Bonchev–Trinajstić information content (AvgIpc) is 2.56. The van der Waals surface area contributed by atoms with Gasteiger partial charge in [0, 0.05) is 26.1 Å². The molecule has 1 unspecified atom stereocenters. The van der Waals surface area contributed by atoms with E-state index in [1.165, 1.54) is 70.6 Å². The molecule has 0 amide bonds. The fourth-order valence-electron chi connectivity index (χ4n) is 2.74. The van der Waals surface area contributed by atoms with Gasteiger partial charge in [-0.15, -0.1) is 11.8 Å². The molecule has 0 N–H and O–H groups in total. The molecule has 128 valence electrons. The monoisotopic (exact) mass is 308 g/mol. The van der Waals surface area contributed by atoms with Gasteiger partial charge in [-0.3, -0.25) is 0 Å². The van der Waals surface area contributed by atoms with Gasteiger partial charge in [0.2, 0.25) is 0 Å². The lowest BCUT2D eigenvalue weighted by Gasteiger charge is -2.22. The van der Waals surface area contributed by atoms with Crippen molar-refractivity contribution in [1.29, 1.82) is 0 Å². The molecule has 1 rings (SSSR count). The molecule has 0 radical (unpaired) electrons. The zero-order valence-corrected chi connectivity index (χ0v) is 14.7. The highest BCUT2D eigenvalue weighted by Crippen LogP contribution is 2.15. The third-order valence-electron chi connectivity index (χ3n) is 4.14. The summed E-state index contributed by atoms with van der Waals surface area (Å²) in [5.41, 5.74) is 0. The van der Waals surface area contributed by atoms with Crippen LogP contribution in [0.2, 0.25) is 0 Å². The molecule has 0 aromatic heterocycles. The van der Waals surface area contributed by atoms with Gasteiger partial charge in [0.05, 0.1) is 0 Å². The van der Waals surface area contributed by atoms with E-state index in [0.717, 1.165) is 32.5 Å². The predicted octanol–water partition coefficient (Wildman–Crippen LogP) is 5.84. The molecule has 1 aliphatic rings. The van der Waals surface area contributed by atoms with E-state index in [1.54, 1.807) is 0 Å². The van der Waals surface area contributed by atoms with Crippen molar-refractivity contribution < 1.29 is 9.47 Å². The lowest BCUT2D eigenvalue weighted by atomic mass is 10.1. The van der Waals surface area contributed by atoms with Crippen LogP contribution < -0.4 is 0 Å². The Hall–Kier alpha value is -0.520. The van der Waals surface area contributed by atoms with E-state index in [-0.39, 0.29) is 6.29 Å². The Morgan fingerprint density at radius 3 is 2.23 bits per heavy atom. The van der Waals surface area contributed by atoms with Crippen molar-refractivity contribution >= 4 is 0 Å². The summed E-state index contributed by atoms with van der Waals surface area (Å²) < 4.78 is 11.3. The minimum absolute atomic E-state index is 0.0918. The summed E-state index contributed by atoms with van der Waals surface area (Å²) in [4.78, 5) is 0. The first-order valence-corrected chi connectivity index (χ1v) is 9.62. The second-order valence-electron chi connectivity index (χ2n) is 6.35. The van der Waals surface area contributed by atoms with E-state index in [2.05, 4.69) is 18.8 Å². The highest BCUT2D eigenvalue weighted by atomic mass is 16.7. The van der Waals surface area contributed by atoms with Crippen LogP contribution in [0, 0.1) is 11.8 Å². The maximum Gasteiger partial charge on any atom is 0.157 e. The van der Waals surface area contributed by atoms with Gasteiger partial charge in [0.15, 0.2) is 6.29 Å². The second-order valence-corrected chi connectivity index (χ2v) is 6.35. The summed E-state index contributed by atoms with van der Waals surface area (Å²) in [7, 11) is 0. The lowest BCUT2D eigenvalue weighted by Crippen LogP contribution is -2.22. The number of ether oxygens (including phenoxy) is 2. The molecular formula is C20H36O2. The Balaban J connectivity index is 1.72. The molecule has 2 heteroatoms. The third kappa shape index (κ3) is 12.1. The normalized spacial score (nSPS) is 18.0. The second kappa shape index (κ2) is 15.4. The molecule has 1 heterocycles. The van der Waals surface area contributed by atoms with E-state index < -0.39 is 0 Å². The third-order valence-corrected chi connectivity index (χ3v) is 4.14. The zero-order chi connectivity index (χ0) is 15.7. The number of hydrogen-bond donors (Lipinski definition) is 0. The zero-order valence-electron chi connectivity index (χ0n) is 14.7. The largest absolute Gasteiger partial charge is 0.353 e. The lowest BCUT2D eigenvalue weighted by molar-refractivity contribution is -0.162. The Bertz CT molecular complexity index is 284. The van der Waals surface area contributed by atoms with Crippen LogP contribution in [0.4, 0.5) is 0 Å². The van der Waals surface area contributed by atoms with Crippen LogP contribution >= 0.6 is 0 Å². The Labute approximate surface area is 138 Å². The van der Waals surface area contributed by atoms with E-state index in [4.69, 9.17) is 9.47 Å². The van der Waals surface area contributed by atoms with Crippen LogP contribution in [0.5, 0.6) is 0 Å². The van der Waals surface area contributed by atoms with Gasteiger partial charge in [-0.2, -0.15) is 0 Å². The van der Waals surface area contributed by atoms with Gasteiger partial charge in [-0.05, 0) is 38.5 Å². The van der Waals surface area contributed by atoms with Crippen molar-refractivity contribution in [3.63, 3.8) is 0 Å². The Kier molecular flexibility index (Phi) is 13.6. The van der Waals surface area contributed by atoms with Crippen LogP contribution in [0.25, 0.3) is 0 Å². The van der Waals surface area contributed by atoms with E-state index in [0.29, 0.717) is 0 Å². The minimum atomic E-state index is 0.0918. The van der Waals surface area contributed by atoms with Crippen LogP contribution in [0.15, 0.2) is 0 Å². The predicted molar refractivity (Wildman–Crippen MR) is 93.8 cm³/mol. The fraction of sp³-hybridized carbons (Fsp3) is 0.900. The van der Waals surface area contributed by atoms with Gasteiger partial charge in [0.1, 0.15) is 0 Å². The highest BCUT2D eigenvalue weighted by molar-refractivity contribution is 4.98. The maximum atomic E-state index is 5.75. The topological polar surface area (TPSA) is 18.5 Å².